The summed E-state index contributed by atoms with van der Waals surface area (Å²) in [7, 11) is 0. The SMILES string of the molecule is CCc1cccc2ccn(CCCNC3CCCC3)c12. The van der Waals surface area contributed by atoms with Gasteiger partial charge in [-0.15, -0.1) is 0 Å². The number of aryl methyl sites for hydroxylation is 2. The van der Waals surface area contributed by atoms with Crippen molar-refractivity contribution in [3.63, 3.8) is 0 Å². The molecule has 0 amide bonds. The number of aromatic nitrogens is 1. The van der Waals surface area contributed by atoms with Crippen LogP contribution < -0.4 is 5.32 Å². The number of benzene rings is 1. The molecule has 0 bridgehead atoms. The van der Waals surface area contributed by atoms with Gasteiger partial charge >= 0.3 is 0 Å². The summed E-state index contributed by atoms with van der Waals surface area (Å²) in [6.45, 7) is 4.52. The van der Waals surface area contributed by atoms with E-state index >= 15 is 0 Å². The van der Waals surface area contributed by atoms with Gasteiger partial charge < -0.3 is 9.88 Å². The van der Waals surface area contributed by atoms with Gasteiger partial charge in [0.2, 0.25) is 0 Å². The standard InChI is InChI=1S/C18H26N2/c1-2-15-7-5-8-16-11-14-20(18(15)16)13-6-12-19-17-9-3-4-10-17/h5,7-8,11,14,17,19H,2-4,6,9-10,12-13H2,1H3. The van der Waals surface area contributed by atoms with Crippen molar-refractivity contribution in [3.8, 4) is 0 Å². The topological polar surface area (TPSA) is 17.0 Å². The summed E-state index contributed by atoms with van der Waals surface area (Å²) in [4.78, 5) is 0. The second-order valence-electron chi connectivity index (χ2n) is 6.01. The third-order valence-corrected chi connectivity index (χ3v) is 4.62. The van der Waals surface area contributed by atoms with Crippen molar-refractivity contribution in [1.82, 2.24) is 9.88 Å². The summed E-state index contributed by atoms with van der Waals surface area (Å²) >= 11 is 0. The second kappa shape index (κ2) is 6.45. The Morgan fingerprint density at radius 1 is 1.20 bits per heavy atom. The average Bonchev–Trinajstić information content (AvgIpc) is 3.13. The molecule has 0 radical (unpaired) electrons. The van der Waals surface area contributed by atoms with Gasteiger partial charge in [0, 0.05) is 18.8 Å². The zero-order chi connectivity index (χ0) is 13.8. The fourth-order valence-electron chi connectivity index (χ4n) is 3.50. The summed E-state index contributed by atoms with van der Waals surface area (Å²) in [6.07, 6.45) is 10.2. The first kappa shape index (κ1) is 13.7. The molecule has 0 atom stereocenters. The maximum absolute atomic E-state index is 3.71. The van der Waals surface area contributed by atoms with Gasteiger partial charge in [0.15, 0.2) is 0 Å². The van der Waals surface area contributed by atoms with Crippen LogP contribution in [0.15, 0.2) is 30.5 Å². The molecular formula is C18H26N2. The Hall–Kier alpha value is -1.28. The number of hydrogen-bond acceptors (Lipinski definition) is 1. The Morgan fingerprint density at radius 2 is 2.05 bits per heavy atom. The Balaban J connectivity index is 1.59. The number of fused-ring (bicyclic) bond motifs is 1. The molecule has 1 aromatic carbocycles. The van der Waals surface area contributed by atoms with E-state index in [9.17, 15) is 0 Å². The van der Waals surface area contributed by atoms with Gasteiger partial charge in [-0.1, -0.05) is 38.0 Å². The van der Waals surface area contributed by atoms with Crippen LogP contribution in [0.1, 0.15) is 44.6 Å². The molecule has 2 heteroatoms. The largest absolute Gasteiger partial charge is 0.347 e. The van der Waals surface area contributed by atoms with Crippen LogP contribution in [-0.4, -0.2) is 17.2 Å². The second-order valence-corrected chi connectivity index (χ2v) is 6.01. The lowest BCUT2D eigenvalue weighted by atomic mass is 10.1. The van der Waals surface area contributed by atoms with Crippen LogP contribution in [0.4, 0.5) is 0 Å². The first-order valence-electron chi connectivity index (χ1n) is 8.18. The third kappa shape index (κ3) is 2.90. The summed E-state index contributed by atoms with van der Waals surface area (Å²) in [6, 6.07) is 9.70. The highest BCUT2D eigenvalue weighted by molar-refractivity contribution is 5.83. The fourth-order valence-corrected chi connectivity index (χ4v) is 3.50. The molecule has 1 aromatic heterocycles. The minimum atomic E-state index is 0.794. The fraction of sp³-hybridized carbons (Fsp3) is 0.556. The molecule has 1 heterocycles. The van der Waals surface area contributed by atoms with E-state index in [1.807, 2.05) is 0 Å². The smallest absolute Gasteiger partial charge is 0.0512 e. The molecule has 108 valence electrons. The first-order valence-corrected chi connectivity index (χ1v) is 8.18. The first-order chi connectivity index (χ1) is 9.88. The maximum Gasteiger partial charge on any atom is 0.0512 e. The van der Waals surface area contributed by atoms with E-state index in [0.717, 1.165) is 25.6 Å². The number of nitrogens with zero attached hydrogens (tertiary/aromatic N) is 1. The monoisotopic (exact) mass is 270 g/mol. The van der Waals surface area contributed by atoms with Crippen LogP contribution in [0, 0.1) is 0 Å². The molecule has 1 aliphatic rings. The zero-order valence-electron chi connectivity index (χ0n) is 12.6. The zero-order valence-corrected chi connectivity index (χ0v) is 12.6. The number of rotatable bonds is 6. The van der Waals surface area contributed by atoms with Gasteiger partial charge in [-0.2, -0.15) is 0 Å². The summed E-state index contributed by atoms with van der Waals surface area (Å²) in [5.74, 6) is 0. The molecular weight excluding hydrogens is 244 g/mol. The number of nitrogens with one attached hydrogen (secondary N) is 1. The van der Waals surface area contributed by atoms with Crippen molar-refractivity contribution in [1.29, 1.82) is 0 Å². The molecule has 1 N–H and O–H groups in total. The van der Waals surface area contributed by atoms with Gasteiger partial charge in [-0.05, 0) is 49.2 Å². The minimum Gasteiger partial charge on any atom is -0.347 e. The molecule has 0 spiro atoms. The van der Waals surface area contributed by atoms with Crippen molar-refractivity contribution in [2.45, 2.75) is 58.0 Å². The van der Waals surface area contributed by atoms with Crippen molar-refractivity contribution < 1.29 is 0 Å². The van der Waals surface area contributed by atoms with E-state index in [1.54, 1.807) is 0 Å². The van der Waals surface area contributed by atoms with Gasteiger partial charge in [-0.25, -0.2) is 0 Å². The third-order valence-electron chi connectivity index (χ3n) is 4.62. The highest BCUT2D eigenvalue weighted by Crippen LogP contribution is 2.21. The Labute approximate surface area is 122 Å². The molecule has 20 heavy (non-hydrogen) atoms. The lowest BCUT2D eigenvalue weighted by Crippen LogP contribution is -2.27. The molecule has 0 saturated heterocycles. The van der Waals surface area contributed by atoms with Gasteiger partial charge in [0.05, 0.1) is 5.52 Å². The van der Waals surface area contributed by atoms with Crippen LogP contribution in [-0.2, 0) is 13.0 Å². The molecule has 2 nitrogen and oxygen atoms in total. The Kier molecular flexibility index (Phi) is 4.41. The van der Waals surface area contributed by atoms with Gasteiger partial charge in [0.1, 0.15) is 0 Å². The van der Waals surface area contributed by atoms with Gasteiger partial charge in [0.25, 0.3) is 0 Å². The quantitative estimate of drug-likeness (QED) is 0.781. The lowest BCUT2D eigenvalue weighted by molar-refractivity contribution is 0.498. The van der Waals surface area contributed by atoms with Crippen molar-refractivity contribution in [2.24, 2.45) is 0 Å². The summed E-state index contributed by atoms with van der Waals surface area (Å²) in [5, 5.41) is 5.09. The predicted octanol–water partition coefficient (Wildman–Crippen LogP) is 4.13. The molecule has 1 fully saturated rings. The van der Waals surface area contributed by atoms with E-state index in [-0.39, 0.29) is 0 Å². The summed E-state index contributed by atoms with van der Waals surface area (Å²) in [5.41, 5.74) is 2.91. The lowest BCUT2D eigenvalue weighted by Gasteiger charge is -2.13. The minimum absolute atomic E-state index is 0.794. The Bertz CT molecular complexity index is 550. The van der Waals surface area contributed by atoms with Crippen molar-refractivity contribution >= 4 is 10.9 Å². The molecule has 1 aliphatic carbocycles. The van der Waals surface area contributed by atoms with E-state index in [2.05, 4.69) is 47.3 Å². The highest BCUT2D eigenvalue weighted by Gasteiger charge is 2.13. The maximum atomic E-state index is 3.71. The summed E-state index contributed by atoms with van der Waals surface area (Å²) < 4.78 is 2.44. The molecule has 0 aliphatic heterocycles. The highest BCUT2D eigenvalue weighted by atomic mass is 15.0. The van der Waals surface area contributed by atoms with Crippen LogP contribution in [0.5, 0.6) is 0 Å². The van der Waals surface area contributed by atoms with E-state index in [4.69, 9.17) is 0 Å². The molecule has 0 unspecified atom stereocenters. The van der Waals surface area contributed by atoms with Gasteiger partial charge in [-0.3, -0.25) is 0 Å². The molecule has 1 saturated carbocycles. The predicted molar refractivity (Wildman–Crippen MR) is 86.2 cm³/mol. The number of hydrogen-bond donors (Lipinski definition) is 1. The molecule has 3 rings (SSSR count). The number of para-hydroxylation sites is 1. The average molecular weight is 270 g/mol. The van der Waals surface area contributed by atoms with E-state index < -0.39 is 0 Å². The van der Waals surface area contributed by atoms with E-state index in [0.29, 0.717) is 0 Å². The Morgan fingerprint density at radius 3 is 2.85 bits per heavy atom. The van der Waals surface area contributed by atoms with Crippen LogP contribution >= 0.6 is 0 Å². The van der Waals surface area contributed by atoms with Crippen LogP contribution in [0.3, 0.4) is 0 Å². The van der Waals surface area contributed by atoms with E-state index in [1.165, 1.54) is 48.6 Å². The normalized spacial score (nSPS) is 16.2. The van der Waals surface area contributed by atoms with Crippen LogP contribution in [0.2, 0.25) is 0 Å². The van der Waals surface area contributed by atoms with Crippen molar-refractivity contribution in [3.05, 3.63) is 36.0 Å². The van der Waals surface area contributed by atoms with Crippen molar-refractivity contribution in [2.75, 3.05) is 6.54 Å². The molecule has 2 aromatic rings. The van der Waals surface area contributed by atoms with Crippen LogP contribution in [0.25, 0.3) is 10.9 Å².